The number of hydrogen-bond donors (Lipinski definition) is 1. The van der Waals surface area contributed by atoms with Gasteiger partial charge in [0.1, 0.15) is 5.69 Å². The molecule has 0 spiro atoms. The van der Waals surface area contributed by atoms with E-state index in [-0.39, 0.29) is 0 Å². The molecule has 3 nitrogen and oxygen atoms in total. The van der Waals surface area contributed by atoms with E-state index < -0.39 is 0 Å². The minimum Gasteiger partial charge on any atom is -0.358 e. The van der Waals surface area contributed by atoms with E-state index in [1.807, 2.05) is 0 Å². The first-order valence-corrected chi connectivity index (χ1v) is 6.52. The van der Waals surface area contributed by atoms with Gasteiger partial charge in [-0.25, -0.2) is 0 Å². The predicted octanol–water partition coefficient (Wildman–Crippen LogP) is 3.61. The van der Waals surface area contributed by atoms with Gasteiger partial charge in [0.15, 0.2) is 0 Å². The van der Waals surface area contributed by atoms with Crippen LogP contribution in [0.3, 0.4) is 0 Å². The van der Waals surface area contributed by atoms with Crippen LogP contribution in [0, 0.1) is 0 Å². The molecular weight excluding hydrogens is 234 g/mol. The monoisotopic (exact) mass is 253 g/mol. The van der Waals surface area contributed by atoms with Gasteiger partial charge >= 0.3 is 0 Å². The summed E-state index contributed by atoms with van der Waals surface area (Å²) in [5, 5.41) is 3.36. The van der Waals surface area contributed by atoms with Crippen molar-refractivity contribution in [2.45, 2.75) is 26.2 Å². The zero-order chi connectivity index (χ0) is 13.5. The molecule has 1 N–H and O–H groups in total. The molecule has 0 fully saturated rings. The van der Waals surface area contributed by atoms with Crippen LogP contribution in [0.4, 0.5) is 0 Å². The Hall–Kier alpha value is -2.16. The molecule has 3 heteroatoms. The standard InChI is InChI=1S/C16H19N3/c1-13-7-5-3-4-6-8-15(11-13)19-14(2)16-12-17-9-10-18-16/h3,5,7,9-12,19H,2,4,6,8H2,1H3/b5-3-,13-7-,15-11+. The molecule has 19 heavy (non-hydrogen) atoms. The average molecular weight is 253 g/mol. The Morgan fingerprint density at radius 2 is 2.26 bits per heavy atom. The molecule has 0 unspecified atom stereocenters. The summed E-state index contributed by atoms with van der Waals surface area (Å²) in [4.78, 5) is 8.30. The summed E-state index contributed by atoms with van der Waals surface area (Å²) in [5.41, 5.74) is 3.98. The highest BCUT2D eigenvalue weighted by molar-refractivity contribution is 5.59. The quantitative estimate of drug-likeness (QED) is 0.894. The lowest BCUT2D eigenvalue weighted by Crippen LogP contribution is -2.12. The van der Waals surface area contributed by atoms with Crippen molar-refractivity contribution in [3.05, 3.63) is 66.4 Å². The lowest BCUT2D eigenvalue weighted by molar-refractivity contribution is 0.793. The fraction of sp³-hybridized carbons (Fsp3) is 0.250. The van der Waals surface area contributed by atoms with Crippen molar-refractivity contribution in [2.24, 2.45) is 0 Å². The van der Waals surface area contributed by atoms with Crippen LogP contribution in [0.1, 0.15) is 31.9 Å². The average Bonchev–Trinajstić information content (AvgIpc) is 2.52. The van der Waals surface area contributed by atoms with Gasteiger partial charge < -0.3 is 5.32 Å². The number of nitrogens with zero attached hydrogens (tertiary/aromatic N) is 2. The molecule has 2 rings (SSSR count). The fourth-order valence-corrected chi connectivity index (χ4v) is 1.93. The van der Waals surface area contributed by atoms with Crippen LogP contribution in [-0.4, -0.2) is 9.97 Å². The van der Waals surface area contributed by atoms with E-state index in [9.17, 15) is 0 Å². The lowest BCUT2D eigenvalue weighted by Gasteiger charge is -2.12. The van der Waals surface area contributed by atoms with Crippen molar-refractivity contribution in [3.63, 3.8) is 0 Å². The summed E-state index contributed by atoms with van der Waals surface area (Å²) in [6, 6.07) is 0. The summed E-state index contributed by atoms with van der Waals surface area (Å²) >= 11 is 0. The van der Waals surface area contributed by atoms with E-state index in [0.29, 0.717) is 0 Å². The highest BCUT2D eigenvalue weighted by Gasteiger charge is 2.04. The smallest absolute Gasteiger partial charge is 0.104 e. The van der Waals surface area contributed by atoms with Gasteiger partial charge in [0.2, 0.25) is 0 Å². The van der Waals surface area contributed by atoms with E-state index in [1.54, 1.807) is 18.6 Å². The Bertz CT molecular complexity index is 524. The van der Waals surface area contributed by atoms with Crippen molar-refractivity contribution in [1.29, 1.82) is 0 Å². The molecule has 98 valence electrons. The van der Waals surface area contributed by atoms with Gasteiger partial charge in [-0.3, -0.25) is 9.97 Å². The highest BCUT2D eigenvalue weighted by atomic mass is 14.9. The largest absolute Gasteiger partial charge is 0.358 e. The summed E-state index contributed by atoms with van der Waals surface area (Å²) in [6.07, 6.45) is 16.9. The van der Waals surface area contributed by atoms with Gasteiger partial charge in [-0.05, 0) is 37.8 Å². The van der Waals surface area contributed by atoms with Crippen LogP contribution in [0.15, 0.2) is 60.7 Å². The van der Waals surface area contributed by atoms with Crippen LogP contribution < -0.4 is 5.32 Å². The van der Waals surface area contributed by atoms with E-state index in [2.05, 4.69) is 53.1 Å². The third-order valence-electron chi connectivity index (χ3n) is 2.90. The van der Waals surface area contributed by atoms with Crippen molar-refractivity contribution < 1.29 is 0 Å². The van der Waals surface area contributed by atoms with Gasteiger partial charge in [0.05, 0.1) is 11.9 Å². The van der Waals surface area contributed by atoms with E-state index in [4.69, 9.17) is 0 Å². The first-order valence-electron chi connectivity index (χ1n) is 6.52. The maximum atomic E-state index is 4.24. The number of hydrogen-bond acceptors (Lipinski definition) is 3. The first kappa shape index (κ1) is 13.3. The minimum atomic E-state index is 0.781. The molecule has 0 aliphatic heterocycles. The van der Waals surface area contributed by atoms with Gasteiger partial charge in [-0.1, -0.05) is 24.8 Å². The van der Waals surface area contributed by atoms with Crippen LogP contribution in [0.25, 0.3) is 5.70 Å². The summed E-state index contributed by atoms with van der Waals surface area (Å²) in [7, 11) is 0. The number of allylic oxidation sites excluding steroid dienone is 6. The predicted molar refractivity (Wildman–Crippen MR) is 79.0 cm³/mol. The van der Waals surface area contributed by atoms with E-state index in [0.717, 1.165) is 30.7 Å². The summed E-state index contributed by atoms with van der Waals surface area (Å²) in [6.45, 7) is 6.13. The molecule has 0 saturated carbocycles. The van der Waals surface area contributed by atoms with Crippen LogP contribution >= 0.6 is 0 Å². The normalized spacial score (nSPS) is 22.8. The molecule has 0 atom stereocenters. The molecule has 1 aliphatic rings. The second-order valence-corrected chi connectivity index (χ2v) is 4.59. The zero-order valence-electron chi connectivity index (χ0n) is 11.3. The topological polar surface area (TPSA) is 37.8 Å². The third-order valence-corrected chi connectivity index (χ3v) is 2.90. The molecule has 1 heterocycles. The Labute approximate surface area is 114 Å². The Morgan fingerprint density at radius 1 is 1.37 bits per heavy atom. The van der Waals surface area contributed by atoms with Crippen LogP contribution in [0.5, 0.6) is 0 Å². The van der Waals surface area contributed by atoms with Gasteiger partial charge in [0, 0.05) is 18.1 Å². The molecule has 0 bridgehead atoms. The zero-order valence-corrected chi connectivity index (χ0v) is 11.3. The molecule has 0 saturated heterocycles. The Kier molecular flexibility index (Phi) is 4.67. The van der Waals surface area contributed by atoms with E-state index >= 15 is 0 Å². The molecule has 0 aromatic carbocycles. The van der Waals surface area contributed by atoms with Crippen LogP contribution in [-0.2, 0) is 0 Å². The minimum absolute atomic E-state index is 0.781. The first-order chi connectivity index (χ1) is 9.25. The van der Waals surface area contributed by atoms with Gasteiger partial charge in [-0.2, -0.15) is 0 Å². The van der Waals surface area contributed by atoms with Gasteiger partial charge in [-0.15, -0.1) is 0 Å². The second kappa shape index (κ2) is 6.69. The Balaban J connectivity index is 2.10. The summed E-state index contributed by atoms with van der Waals surface area (Å²) in [5.74, 6) is 0. The third kappa shape index (κ3) is 4.21. The SMILES string of the molecule is C=C(N/C1=C/C(C)=C\C=C/CCC1)c1cnccn1. The number of rotatable bonds is 3. The van der Waals surface area contributed by atoms with E-state index in [1.165, 1.54) is 11.3 Å². The highest BCUT2D eigenvalue weighted by Crippen LogP contribution is 2.15. The van der Waals surface area contributed by atoms with Gasteiger partial charge in [0.25, 0.3) is 0 Å². The molecule has 1 aromatic heterocycles. The lowest BCUT2D eigenvalue weighted by atomic mass is 10.1. The second-order valence-electron chi connectivity index (χ2n) is 4.59. The molecular formula is C16H19N3. The van der Waals surface area contributed by atoms with Crippen molar-refractivity contribution in [1.82, 2.24) is 15.3 Å². The number of aromatic nitrogens is 2. The van der Waals surface area contributed by atoms with Crippen molar-refractivity contribution in [3.8, 4) is 0 Å². The maximum absolute atomic E-state index is 4.24. The van der Waals surface area contributed by atoms with Crippen LogP contribution in [0.2, 0.25) is 0 Å². The van der Waals surface area contributed by atoms with Crippen molar-refractivity contribution >= 4 is 5.70 Å². The fourth-order valence-electron chi connectivity index (χ4n) is 1.93. The molecule has 0 radical (unpaired) electrons. The maximum Gasteiger partial charge on any atom is 0.104 e. The Morgan fingerprint density at radius 3 is 3.05 bits per heavy atom. The molecule has 1 aromatic rings. The molecule has 0 amide bonds. The number of nitrogens with one attached hydrogen (secondary N) is 1. The van der Waals surface area contributed by atoms with Crippen molar-refractivity contribution in [2.75, 3.05) is 0 Å². The summed E-state index contributed by atoms with van der Waals surface area (Å²) < 4.78 is 0. The molecule has 1 aliphatic carbocycles.